The van der Waals surface area contributed by atoms with Crippen LogP contribution >= 0.6 is 28.1 Å². The summed E-state index contributed by atoms with van der Waals surface area (Å²) in [5, 5.41) is 5.77. The zero-order valence-corrected chi connectivity index (χ0v) is 20.4. The van der Waals surface area contributed by atoms with Gasteiger partial charge in [0.15, 0.2) is 5.11 Å². The predicted octanol–water partition coefficient (Wildman–Crippen LogP) is 5.24. The predicted molar refractivity (Wildman–Crippen MR) is 132 cm³/mol. The van der Waals surface area contributed by atoms with E-state index in [0.717, 1.165) is 23.7 Å². The monoisotopic (exact) mass is 505 g/mol. The molecule has 2 N–H and O–H groups in total. The normalized spacial score (nSPS) is 10.3. The quantitative estimate of drug-likeness (QED) is 0.360. The van der Waals surface area contributed by atoms with Gasteiger partial charge in [0.25, 0.3) is 11.8 Å². The summed E-state index contributed by atoms with van der Waals surface area (Å²) >= 11 is 8.69. The van der Waals surface area contributed by atoms with Gasteiger partial charge in [-0.05, 0) is 55.0 Å². The van der Waals surface area contributed by atoms with Gasteiger partial charge in [-0.15, -0.1) is 0 Å². The summed E-state index contributed by atoms with van der Waals surface area (Å²) in [5.74, 6) is 0.0231. The molecule has 2 rings (SSSR count). The number of nitrogens with one attached hydrogen (secondary N) is 2. The lowest BCUT2D eigenvalue weighted by Gasteiger charge is -2.14. The maximum atomic E-state index is 12.8. The molecule has 2 aromatic carbocycles. The molecule has 0 radical (unpaired) electrons. The fraction of sp³-hybridized carbons (Fsp3) is 0.348. The summed E-state index contributed by atoms with van der Waals surface area (Å²) in [6, 6.07) is 12.2. The Morgan fingerprint density at radius 2 is 1.87 bits per heavy atom. The summed E-state index contributed by atoms with van der Waals surface area (Å²) in [7, 11) is 3.38. The van der Waals surface area contributed by atoms with Crippen LogP contribution in [0.4, 0.5) is 5.69 Å². The number of rotatable bonds is 9. The van der Waals surface area contributed by atoms with Crippen molar-refractivity contribution in [3.05, 3.63) is 58.1 Å². The first-order valence-corrected chi connectivity index (χ1v) is 11.4. The molecule has 0 atom stereocenters. The number of halogens is 1. The largest absolute Gasteiger partial charge is 0.493 e. The van der Waals surface area contributed by atoms with Gasteiger partial charge in [-0.3, -0.25) is 14.9 Å². The maximum Gasteiger partial charge on any atom is 0.261 e. The van der Waals surface area contributed by atoms with Crippen molar-refractivity contribution >= 4 is 50.8 Å². The van der Waals surface area contributed by atoms with Gasteiger partial charge in [-0.2, -0.15) is 0 Å². The van der Waals surface area contributed by atoms with Crippen molar-refractivity contribution in [2.24, 2.45) is 0 Å². The molecule has 0 aliphatic heterocycles. The smallest absolute Gasteiger partial charge is 0.261 e. The molecule has 0 saturated carbocycles. The topological polar surface area (TPSA) is 70.7 Å². The van der Waals surface area contributed by atoms with E-state index in [1.807, 2.05) is 6.07 Å². The third-order valence-electron chi connectivity index (χ3n) is 4.44. The number of anilines is 1. The first-order valence-electron chi connectivity index (χ1n) is 10.2. The van der Waals surface area contributed by atoms with Crippen molar-refractivity contribution in [1.82, 2.24) is 10.2 Å². The Hall–Kier alpha value is -2.45. The van der Waals surface area contributed by atoms with Crippen LogP contribution in [-0.2, 0) is 0 Å². The molecular formula is C23H28BrN3O3S. The number of carbonyl (C=O) groups excluding carboxylic acids is 2. The van der Waals surface area contributed by atoms with Crippen LogP contribution in [0.2, 0.25) is 0 Å². The third kappa shape index (κ3) is 7.95. The van der Waals surface area contributed by atoms with Crippen LogP contribution in [0.1, 0.15) is 53.3 Å². The van der Waals surface area contributed by atoms with Crippen LogP contribution in [0.5, 0.6) is 5.75 Å². The highest BCUT2D eigenvalue weighted by molar-refractivity contribution is 9.10. The number of benzene rings is 2. The van der Waals surface area contributed by atoms with Gasteiger partial charge < -0.3 is 15.0 Å². The molecule has 0 heterocycles. The Balaban J connectivity index is 2.03. The molecule has 0 fully saturated rings. The van der Waals surface area contributed by atoms with E-state index in [2.05, 4.69) is 33.5 Å². The van der Waals surface area contributed by atoms with E-state index in [9.17, 15) is 9.59 Å². The van der Waals surface area contributed by atoms with E-state index in [-0.39, 0.29) is 16.9 Å². The Bertz CT molecular complexity index is 934. The van der Waals surface area contributed by atoms with Gasteiger partial charge >= 0.3 is 0 Å². The SMILES string of the molecule is CCCCCCOc1ccc(Br)cc1C(=O)NC(=S)Nc1cccc(C(=O)N(C)C)c1. The van der Waals surface area contributed by atoms with Crippen LogP contribution in [0.15, 0.2) is 46.9 Å². The molecular weight excluding hydrogens is 478 g/mol. The van der Waals surface area contributed by atoms with E-state index in [4.69, 9.17) is 17.0 Å². The van der Waals surface area contributed by atoms with E-state index in [1.54, 1.807) is 50.5 Å². The third-order valence-corrected chi connectivity index (χ3v) is 5.14. The first-order chi connectivity index (χ1) is 14.8. The molecule has 0 saturated heterocycles. The van der Waals surface area contributed by atoms with Crippen molar-refractivity contribution in [3.63, 3.8) is 0 Å². The lowest BCUT2D eigenvalue weighted by atomic mass is 10.1. The molecule has 0 spiro atoms. The van der Waals surface area contributed by atoms with Crippen LogP contribution in [0, 0.1) is 0 Å². The molecule has 0 bridgehead atoms. The van der Waals surface area contributed by atoms with Crippen molar-refractivity contribution in [3.8, 4) is 5.75 Å². The van der Waals surface area contributed by atoms with Gasteiger partial charge in [0.1, 0.15) is 5.75 Å². The molecule has 31 heavy (non-hydrogen) atoms. The van der Waals surface area contributed by atoms with Gasteiger partial charge in [0.05, 0.1) is 12.2 Å². The maximum absolute atomic E-state index is 12.8. The van der Waals surface area contributed by atoms with Gasteiger partial charge in [-0.1, -0.05) is 48.2 Å². The van der Waals surface area contributed by atoms with E-state index in [1.165, 1.54) is 11.3 Å². The lowest BCUT2D eigenvalue weighted by Crippen LogP contribution is -2.34. The van der Waals surface area contributed by atoms with E-state index in [0.29, 0.717) is 29.2 Å². The van der Waals surface area contributed by atoms with Gasteiger partial charge in [0.2, 0.25) is 0 Å². The molecule has 166 valence electrons. The fourth-order valence-electron chi connectivity index (χ4n) is 2.84. The molecule has 2 amide bonds. The van der Waals surface area contributed by atoms with Crippen molar-refractivity contribution in [2.45, 2.75) is 32.6 Å². The molecule has 8 heteroatoms. The standard InChI is InChI=1S/C23H28BrN3O3S/c1-4-5-6-7-13-30-20-12-11-17(24)15-19(20)21(28)26-23(31)25-18-10-8-9-16(14-18)22(29)27(2)3/h8-12,14-15H,4-7,13H2,1-3H3,(H2,25,26,28,31). The average Bonchev–Trinajstić information content (AvgIpc) is 2.73. The number of unbranched alkanes of at least 4 members (excludes halogenated alkanes) is 3. The minimum absolute atomic E-state index is 0.117. The summed E-state index contributed by atoms with van der Waals surface area (Å²) in [4.78, 5) is 26.5. The summed E-state index contributed by atoms with van der Waals surface area (Å²) in [5.41, 5.74) is 1.53. The summed E-state index contributed by atoms with van der Waals surface area (Å²) in [6.07, 6.45) is 4.35. The van der Waals surface area contributed by atoms with Crippen molar-refractivity contribution < 1.29 is 14.3 Å². The number of carbonyl (C=O) groups is 2. The summed E-state index contributed by atoms with van der Waals surface area (Å²) < 4.78 is 6.60. The average molecular weight is 506 g/mol. The van der Waals surface area contributed by atoms with Crippen LogP contribution in [-0.4, -0.2) is 42.5 Å². The second kappa shape index (κ2) is 12.4. The van der Waals surface area contributed by atoms with Crippen LogP contribution in [0.3, 0.4) is 0 Å². The Labute approximate surface area is 197 Å². The Morgan fingerprint density at radius 1 is 1.10 bits per heavy atom. The number of hydrogen-bond donors (Lipinski definition) is 2. The summed E-state index contributed by atoms with van der Waals surface area (Å²) in [6.45, 7) is 2.71. The molecule has 0 aliphatic carbocycles. The minimum Gasteiger partial charge on any atom is -0.493 e. The Kier molecular flexibility index (Phi) is 9.94. The van der Waals surface area contributed by atoms with Crippen molar-refractivity contribution in [2.75, 3.05) is 26.0 Å². The highest BCUT2D eigenvalue weighted by atomic mass is 79.9. The zero-order valence-electron chi connectivity index (χ0n) is 18.0. The molecule has 0 unspecified atom stereocenters. The van der Waals surface area contributed by atoms with E-state index < -0.39 is 0 Å². The highest BCUT2D eigenvalue weighted by Gasteiger charge is 2.15. The zero-order chi connectivity index (χ0) is 22.8. The second-order valence-electron chi connectivity index (χ2n) is 7.24. The van der Waals surface area contributed by atoms with Crippen LogP contribution < -0.4 is 15.4 Å². The number of hydrogen-bond acceptors (Lipinski definition) is 4. The lowest BCUT2D eigenvalue weighted by molar-refractivity contribution is 0.0827. The molecule has 0 aromatic heterocycles. The van der Waals surface area contributed by atoms with Gasteiger partial charge in [-0.25, -0.2) is 0 Å². The molecule has 6 nitrogen and oxygen atoms in total. The number of ether oxygens (including phenoxy) is 1. The minimum atomic E-state index is -0.372. The molecule has 2 aromatic rings. The number of amides is 2. The fourth-order valence-corrected chi connectivity index (χ4v) is 3.41. The highest BCUT2D eigenvalue weighted by Crippen LogP contribution is 2.24. The molecule has 0 aliphatic rings. The van der Waals surface area contributed by atoms with Crippen molar-refractivity contribution in [1.29, 1.82) is 0 Å². The number of nitrogens with zero attached hydrogens (tertiary/aromatic N) is 1. The van der Waals surface area contributed by atoms with Crippen LogP contribution in [0.25, 0.3) is 0 Å². The Morgan fingerprint density at radius 3 is 2.58 bits per heavy atom. The first kappa shape index (κ1) is 24.8. The number of thiocarbonyl (C=S) groups is 1. The van der Waals surface area contributed by atoms with Gasteiger partial charge in [0, 0.05) is 29.8 Å². The second-order valence-corrected chi connectivity index (χ2v) is 8.56. The van der Waals surface area contributed by atoms with E-state index >= 15 is 0 Å².